The number of fused-ring (bicyclic) bond motifs is 4. The lowest BCUT2D eigenvalue weighted by atomic mass is 9.84. The van der Waals surface area contributed by atoms with Crippen LogP contribution in [0.5, 0.6) is 11.5 Å². The molecule has 11 rings (SSSR count). The zero-order valence-corrected chi connectivity index (χ0v) is 43.6. The Morgan fingerprint density at radius 2 is 1.11 bits per heavy atom. The topological polar surface area (TPSA) is 264 Å². The molecule has 4 aromatic heterocycles. The van der Waals surface area contributed by atoms with Gasteiger partial charge >= 0.3 is 0 Å². The first-order chi connectivity index (χ1) is 36.3. The van der Waals surface area contributed by atoms with Crippen LogP contribution < -0.4 is 31.2 Å². The second-order valence-electron chi connectivity index (χ2n) is 20.6. The highest BCUT2D eigenvalue weighted by Gasteiger charge is 2.72. The highest BCUT2D eigenvalue weighted by Crippen LogP contribution is 2.70. The van der Waals surface area contributed by atoms with Crippen LogP contribution in [0.25, 0.3) is 22.3 Å². The number of hydrogen-bond acceptors (Lipinski definition) is 13. The third kappa shape index (κ3) is 9.29. The van der Waals surface area contributed by atoms with Crippen molar-refractivity contribution < 1.29 is 43.2 Å². The molecule has 4 aliphatic rings. The number of aromatic amines is 2. The van der Waals surface area contributed by atoms with Gasteiger partial charge in [-0.3, -0.25) is 39.8 Å². The molecule has 19 nitrogen and oxygen atoms in total. The van der Waals surface area contributed by atoms with Gasteiger partial charge in [-0.1, -0.05) is 89.2 Å². The molecule has 4 heterocycles. The molecule has 0 unspecified atom stereocenters. The number of ether oxygens (including phenoxy) is 2. The number of anilines is 2. The van der Waals surface area contributed by atoms with Crippen molar-refractivity contribution in [3.05, 3.63) is 129 Å². The largest absolute Gasteiger partial charge is 0.497 e. The van der Waals surface area contributed by atoms with Crippen LogP contribution in [0.2, 0.25) is 0 Å². The second kappa shape index (κ2) is 20.8. The van der Waals surface area contributed by atoms with Crippen LogP contribution in [0.4, 0.5) is 20.7 Å². The third-order valence-electron chi connectivity index (χ3n) is 15.8. The van der Waals surface area contributed by atoms with Crippen LogP contribution >= 0.6 is 11.6 Å². The predicted octanol–water partition coefficient (Wildman–Crippen LogP) is 6.59. The van der Waals surface area contributed by atoms with Crippen LogP contribution in [-0.2, 0) is 14.5 Å². The van der Waals surface area contributed by atoms with Crippen LogP contribution in [-0.4, -0.2) is 112 Å². The molecule has 0 spiro atoms. The van der Waals surface area contributed by atoms with Gasteiger partial charge in [0.25, 0.3) is 11.1 Å². The summed E-state index contributed by atoms with van der Waals surface area (Å²) in [6.07, 6.45) is -0.693. The fourth-order valence-electron chi connectivity index (χ4n) is 11.1. The molecule has 402 valence electrons. The number of imidazole rings is 2. The van der Waals surface area contributed by atoms with Crippen molar-refractivity contribution in [2.24, 2.45) is 34.5 Å². The number of methoxy groups -OCH3 is 2. The monoisotopic (exact) mass is 1070 g/mol. The average molecular weight is 1070 g/mol. The molecule has 0 radical (unpaired) electrons. The Labute approximate surface area is 440 Å². The summed E-state index contributed by atoms with van der Waals surface area (Å²) < 4.78 is 43.0. The van der Waals surface area contributed by atoms with E-state index in [-0.39, 0.29) is 76.3 Å². The van der Waals surface area contributed by atoms with E-state index in [2.05, 4.69) is 40.5 Å². The summed E-state index contributed by atoms with van der Waals surface area (Å²) >= 11 is 7.22. The molecule has 4 aliphatic carbocycles. The number of carbonyl (C=O) groups is 2. The van der Waals surface area contributed by atoms with Crippen molar-refractivity contribution in [1.82, 2.24) is 39.0 Å². The standard InChI is InChI=1S/C21H19ClO2.C17H22FN5O3.C16H20FN5O4/c1-23-19-12-8-17(9-13-19)21(22,16-6-4-3-5-7-16)18-10-14-20(24-2)15-11-18;1-4-17-5-8(17)11(9(18)12(17)24)23-6-19-10-13(23)20-16(22-15(10)26)21-14(25)7(2)3;1-6(2)13(25)20-15-19-12-9(14(26)21-15)18-5-22(12)10-7-3-16(7,4-23)11(24)8(10)17/h3-15H,1-2H3;6-9,11-12,24H,4-5H2,1-3H3,(H2,20,21,22,25,26);5-8,10-11,23-24H,3-4H2,1-2H3,(H2,19,20,21,25,26)/t;8-,9+,11-,12+,17-;7-,8+,10-,11+,16+/m.11/s1. The van der Waals surface area contributed by atoms with E-state index in [1.165, 1.54) is 17.2 Å². The molecule has 3 aromatic carbocycles. The van der Waals surface area contributed by atoms with Gasteiger partial charge in [-0.15, -0.1) is 11.6 Å². The maximum atomic E-state index is 14.8. The highest BCUT2D eigenvalue weighted by molar-refractivity contribution is 6.28. The number of benzene rings is 3. The van der Waals surface area contributed by atoms with E-state index < -0.39 is 63.5 Å². The molecule has 4 fully saturated rings. The Balaban J connectivity index is 0.000000139. The molecule has 22 heteroatoms. The van der Waals surface area contributed by atoms with Crippen LogP contribution in [0.15, 0.2) is 101 Å². The lowest BCUT2D eigenvalue weighted by molar-refractivity contribution is -0.119. The van der Waals surface area contributed by atoms with E-state index in [1.54, 1.807) is 46.5 Å². The molecule has 2 amide bonds. The number of nitrogens with one attached hydrogen (secondary N) is 4. The molecule has 0 aliphatic heterocycles. The minimum absolute atomic E-state index is 0.00875. The Bertz CT molecular complexity index is 3170. The fourth-order valence-corrected chi connectivity index (χ4v) is 11.5. The average Bonchev–Trinajstić information content (AvgIpc) is 4.20. The summed E-state index contributed by atoms with van der Waals surface area (Å²) in [6.45, 7) is 8.50. The molecule has 0 bridgehead atoms. The van der Waals surface area contributed by atoms with Gasteiger partial charge in [0.15, 0.2) is 22.3 Å². The highest BCUT2D eigenvalue weighted by atomic mass is 35.5. The number of aliphatic hydroxyl groups is 3. The van der Waals surface area contributed by atoms with Gasteiger partial charge < -0.3 is 33.9 Å². The number of rotatable bonds is 13. The summed E-state index contributed by atoms with van der Waals surface area (Å²) in [5.74, 6) is 0.117. The number of amides is 2. The van der Waals surface area contributed by atoms with Crippen LogP contribution in [0.3, 0.4) is 0 Å². The van der Waals surface area contributed by atoms with Gasteiger partial charge in [-0.05, 0) is 72.1 Å². The van der Waals surface area contributed by atoms with Gasteiger partial charge in [0.05, 0.1) is 57.8 Å². The number of carbonyl (C=O) groups excluding carboxylic acids is 2. The van der Waals surface area contributed by atoms with Crippen molar-refractivity contribution in [3.8, 4) is 11.5 Å². The maximum absolute atomic E-state index is 14.8. The molecule has 76 heavy (non-hydrogen) atoms. The number of hydrogen-bond donors (Lipinski definition) is 7. The molecule has 7 aromatic rings. The lowest BCUT2D eigenvalue weighted by Crippen LogP contribution is -2.32. The summed E-state index contributed by atoms with van der Waals surface area (Å²) in [7, 11) is 3.31. The molecule has 7 N–H and O–H groups in total. The molecular weight excluding hydrogens is 1010 g/mol. The minimum atomic E-state index is -1.60. The number of nitrogens with zero attached hydrogens (tertiary/aromatic N) is 6. The van der Waals surface area contributed by atoms with Crippen LogP contribution in [0.1, 0.15) is 82.7 Å². The van der Waals surface area contributed by atoms with E-state index in [4.69, 9.17) is 21.1 Å². The lowest BCUT2D eigenvalue weighted by Gasteiger charge is -2.29. The first-order valence-corrected chi connectivity index (χ1v) is 25.5. The Hall–Kier alpha value is -7.07. The molecule has 4 saturated carbocycles. The Morgan fingerprint density at radius 3 is 1.47 bits per heavy atom. The molecular formula is C54H61ClF2N10O9. The van der Waals surface area contributed by atoms with Crippen molar-refractivity contribution in [3.63, 3.8) is 0 Å². The van der Waals surface area contributed by atoms with Crippen molar-refractivity contribution in [2.45, 2.75) is 95.4 Å². The van der Waals surface area contributed by atoms with E-state index in [1.807, 2.05) is 85.8 Å². The SMILES string of the molecule is CC(C)C(=O)Nc1nc2c(ncn2[C@H]2[C@H](F)[C@H](O)[C@]3(CO)C[C@H]23)c(=O)[nH]1.CC[C@@]12C[C@@H]1[C@@H](n1cnc3c(=O)[nH]c(NC(=O)C(C)C)nc31)[C@H](F)[C@@H]2O.COc1ccc(C(Cl)(c2ccccc2)c2ccc(OC)cc2)cc1. The number of halogens is 3. The summed E-state index contributed by atoms with van der Waals surface area (Å²) in [5, 5.41) is 35.1. The first-order valence-electron chi connectivity index (χ1n) is 25.1. The van der Waals surface area contributed by atoms with Crippen molar-refractivity contribution in [2.75, 3.05) is 31.5 Å². The van der Waals surface area contributed by atoms with Crippen molar-refractivity contribution >= 4 is 57.6 Å². The predicted molar refractivity (Wildman–Crippen MR) is 280 cm³/mol. The Morgan fingerprint density at radius 1 is 0.711 bits per heavy atom. The number of aliphatic hydroxyl groups excluding tert-OH is 3. The van der Waals surface area contributed by atoms with Gasteiger partial charge in [0, 0.05) is 22.7 Å². The smallest absolute Gasteiger partial charge is 0.280 e. The summed E-state index contributed by atoms with van der Waals surface area (Å²) in [6, 6.07) is 24.4. The summed E-state index contributed by atoms with van der Waals surface area (Å²) in [5.41, 5.74) is 1.17. The van der Waals surface area contributed by atoms with E-state index in [9.17, 15) is 43.3 Å². The zero-order valence-electron chi connectivity index (χ0n) is 42.9. The molecule has 10 atom stereocenters. The first kappa shape index (κ1) is 53.7. The number of H-pyrrole nitrogens is 2. The van der Waals surface area contributed by atoms with Gasteiger partial charge in [-0.25, -0.2) is 18.7 Å². The quantitative estimate of drug-likeness (QED) is 0.0476. The van der Waals surface area contributed by atoms with Crippen LogP contribution in [0, 0.1) is 34.5 Å². The van der Waals surface area contributed by atoms with Gasteiger partial charge in [-0.2, -0.15) is 9.97 Å². The fraction of sp³-hybridized carbons (Fsp3) is 0.444. The number of alkyl halides is 3. The van der Waals surface area contributed by atoms with Gasteiger partial charge in [0.2, 0.25) is 23.7 Å². The summed E-state index contributed by atoms with van der Waals surface area (Å²) in [4.78, 5) is 69.0. The normalized spacial score (nSPS) is 26.0. The molecule has 0 saturated heterocycles. The van der Waals surface area contributed by atoms with Gasteiger partial charge in [0.1, 0.15) is 28.7 Å². The van der Waals surface area contributed by atoms with E-state index in [0.717, 1.165) is 34.6 Å². The van der Waals surface area contributed by atoms with E-state index >= 15 is 0 Å². The third-order valence-corrected chi connectivity index (χ3v) is 16.4. The zero-order chi connectivity index (χ0) is 54.6. The Kier molecular flexibility index (Phi) is 14.7. The maximum Gasteiger partial charge on any atom is 0.280 e. The van der Waals surface area contributed by atoms with Crippen molar-refractivity contribution in [1.29, 1.82) is 0 Å². The second-order valence-corrected chi connectivity index (χ2v) is 21.2. The minimum Gasteiger partial charge on any atom is -0.497 e. The number of aromatic nitrogens is 8. The van der Waals surface area contributed by atoms with E-state index in [0.29, 0.717) is 12.8 Å².